The van der Waals surface area contributed by atoms with E-state index in [9.17, 15) is 4.79 Å². The molecule has 4 rings (SSSR count). The monoisotopic (exact) mass is 451 g/mol. The Bertz CT molecular complexity index is 1160. The second kappa shape index (κ2) is 7.67. The normalized spacial score (nSPS) is 11.4. The predicted octanol–water partition coefficient (Wildman–Crippen LogP) is 5.45. The van der Waals surface area contributed by atoms with Crippen LogP contribution in [0.15, 0.2) is 75.9 Å². The highest BCUT2D eigenvalue weighted by molar-refractivity contribution is 9.10. The number of hydrogen-bond acceptors (Lipinski definition) is 5. The van der Waals surface area contributed by atoms with Crippen molar-refractivity contribution < 1.29 is 13.9 Å². The third-order valence-corrected chi connectivity index (χ3v) is 4.83. The van der Waals surface area contributed by atoms with Crippen LogP contribution in [0.4, 0.5) is 5.69 Å². The fourth-order valence-corrected chi connectivity index (χ4v) is 3.01. The molecule has 2 aromatic heterocycles. The van der Waals surface area contributed by atoms with E-state index in [-0.39, 0.29) is 5.91 Å². The van der Waals surface area contributed by atoms with Gasteiger partial charge in [-0.05, 0) is 68.4 Å². The molecular formula is C22H18BrN3O3. The first-order valence-electron chi connectivity index (χ1n) is 8.98. The summed E-state index contributed by atoms with van der Waals surface area (Å²) >= 11 is 3.38. The van der Waals surface area contributed by atoms with Crippen molar-refractivity contribution >= 4 is 38.6 Å². The van der Waals surface area contributed by atoms with Gasteiger partial charge in [0.05, 0.1) is 0 Å². The lowest BCUT2D eigenvalue weighted by Crippen LogP contribution is -2.42. The van der Waals surface area contributed by atoms with Gasteiger partial charge in [0.1, 0.15) is 11.3 Å². The topological polar surface area (TPSA) is 77.2 Å². The number of amides is 1. The molecule has 2 aromatic carbocycles. The van der Waals surface area contributed by atoms with Gasteiger partial charge in [-0.15, -0.1) is 0 Å². The summed E-state index contributed by atoms with van der Waals surface area (Å²) < 4.78 is 12.6. The molecule has 0 fully saturated rings. The van der Waals surface area contributed by atoms with Crippen LogP contribution in [0.1, 0.15) is 13.8 Å². The number of fused-ring (bicyclic) bond motifs is 1. The molecule has 4 aromatic rings. The fourth-order valence-electron chi connectivity index (χ4n) is 2.75. The van der Waals surface area contributed by atoms with Crippen LogP contribution in [-0.2, 0) is 4.79 Å². The van der Waals surface area contributed by atoms with Crippen LogP contribution in [0.5, 0.6) is 5.75 Å². The molecule has 0 aliphatic rings. The third kappa shape index (κ3) is 4.30. The number of aromatic nitrogens is 2. The lowest BCUT2D eigenvalue weighted by Gasteiger charge is -2.25. The molecule has 29 heavy (non-hydrogen) atoms. The minimum Gasteiger partial charge on any atom is -0.478 e. The first-order valence-corrected chi connectivity index (χ1v) is 9.77. The van der Waals surface area contributed by atoms with E-state index in [1.165, 1.54) is 0 Å². The summed E-state index contributed by atoms with van der Waals surface area (Å²) in [5.41, 5.74) is 1.69. The Morgan fingerprint density at radius 2 is 1.79 bits per heavy atom. The summed E-state index contributed by atoms with van der Waals surface area (Å²) in [6.07, 6.45) is 3.37. The highest BCUT2D eigenvalue weighted by atomic mass is 79.9. The van der Waals surface area contributed by atoms with Crippen LogP contribution in [-0.4, -0.2) is 21.5 Å². The molecule has 0 atom stereocenters. The number of oxazole rings is 1. The molecule has 0 aliphatic heterocycles. The highest BCUT2D eigenvalue weighted by Gasteiger charge is 2.30. The Hall–Kier alpha value is -3.19. The maximum Gasteiger partial charge on any atom is 0.267 e. The number of benzene rings is 2. The van der Waals surface area contributed by atoms with E-state index in [1.54, 1.807) is 56.6 Å². The molecule has 2 heterocycles. The molecule has 0 radical (unpaired) electrons. The smallest absolute Gasteiger partial charge is 0.267 e. The average Bonchev–Trinajstić information content (AvgIpc) is 3.14. The number of anilines is 1. The number of halogens is 1. The van der Waals surface area contributed by atoms with Gasteiger partial charge in [0.2, 0.25) is 5.89 Å². The highest BCUT2D eigenvalue weighted by Crippen LogP contribution is 2.27. The molecule has 0 saturated heterocycles. The number of carbonyl (C=O) groups excluding carboxylic acids is 1. The number of ether oxygens (including phenoxy) is 1. The van der Waals surface area contributed by atoms with Gasteiger partial charge in [-0.1, -0.05) is 15.9 Å². The Balaban J connectivity index is 1.52. The Morgan fingerprint density at radius 1 is 1.07 bits per heavy atom. The molecule has 6 nitrogen and oxygen atoms in total. The van der Waals surface area contributed by atoms with Crippen molar-refractivity contribution in [1.29, 1.82) is 0 Å². The van der Waals surface area contributed by atoms with Crippen LogP contribution in [0.25, 0.3) is 22.6 Å². The summed E-state index contributed by atoms with van der Waals surface area (Å²) in [7, 11) is 0. The second-order valence-corrected chi connectivity index (χ2v) is 7.87. The Morgan fingerprint density at radius 3 is 2.52 bits per heavy atom. The van der Waals surface area contributed by atoms with Gasteiger partial charge in [0, 0.05) is 28.1 Å². The van der Waals surface area contributed by atoms with Crippen LogP contribution in [0.3, 0.4) is 0 Å². The van der Waals surface area contributed by atoms with Gasteiger partial charge >= 0.3 is 0 Å². The third-order valence-electron chi connectivity index (χ3n) is 4.31. The van der Waals surface area contributed by atoms with E-state index in [2.05, 4.69) is 31.2 Å². The summed E-state index contributed by atoms with van der Waals surface area (Å²) in [6, 6.07) is 16.3. The van der Waals surface area contributed by atoms with Crippen LogP contribution < -0.4 is 10.1 Å². The Kier molecular flexibility index (Phi) is 5.07. The van der Waals surface area contributed by atoms with Crippen LogP contribution >= 0.6 is 15.9 Å². The second-order valence-electron chi connectivity index (χ2n) is 6.96. The van der Waals surface area contributed by atoms with Gasteiger partial charge in [-0.25, -0.2) is 4.98 Å². The van der Waals surface area contributed by atoms with E-state index in [1.807, 2.05) is 24.3 Å². The predicted molar refractivity (Wildman–Crippen MR) is 115 cm³/mol. The summed E-state index contributed by atoms with van der Waals surface area (Å²) in [5, 5.41) is 2.89. The zero-order valence-corrected chi connectivity index (χ0v) is 17.4. The summed E-state index contributed by atoms with van der Waals surface area (Å²) in [6.45, 7) is 3.45. The van der Waals surface area contributed by atoms with E-state index >= 15 is 0 Å². The van der Waals surface area contributed by atoms with Crippen molar-refractivity contribution in [1.82, 2.24) is 9.97 Å². The Labute approximate surface area is 176 Å². The number of hydrogen-bond donors (Lipinski definition) is 1. The van der Waals surface area contributed by atoms with Crippen molar-refractivity contribution in [3.63, 3.8) is 0 Å². The molecule has 0 unspecified atom stereocenters. The molecule has 1 amide bonds. The van der Waals surface area contributed by atoms with Crippen molar-refractivity contribution in [3.8, 4) is 17.2 Å². The van der Waals surface area contributed by atoms with Crippen LogP contribution in [0, 0.1) is 0 Å². The summed E-state index contributed by atoms with van der Waals surface area (Å²) in [5.74, 6) is 0.852. The largest absolute Gasteiger partial charge is 0.478 e. The lowest BCUT2D eigenvalue weighted by atomic mass is 10.1. The minimum atomic E-state index is -1.06. The number of nitrogens with one attached hydrogen (secondary N) is 1. The molecule has 146 valence electrons. The van der Waals surface area contributed by atoms with E-state index in [0.29, 0.717) is 28.4 Å². The van der Waals surface area contributed by atoms with Crippen molar-refractivity contribution in [2.75, 3.05) is 5.32 Å². The van der Waals surface area contributed by atoms with Gasteiger partial charge in [-0.2, -0.15) is 0 Å². The minimum absolute atomic E-state index is 0.266. The number of carbonyl (C=O) groups is 1. The quantitative estimate of drug-likeness (QED) is 0.436. The van der Waals surface area contributed by atoms with E-state index < -0.39 is 5.60 Å². The standard InChI is InChI=1S/C22H18BrN3O3/c1-22(2,29-17-6-3-15(23)4-7-17)21(27)25-16-5-8-19-18(13-16)26-20(28-19)14-9-11-24-12-10-14/h3-13H,1-2H3,(H,25,27). The molecule has 0 spiro atoms. The fraction of sp³-hybridized carbons (Fsp3) is 0.136. The van der Waals surface area contributed by atoms with Crippen LogP contribution in [0.2, 0.25) is 0 Å². The van der Waals surface area contributed by atoms with Gasteiger partial charge in [0.25, 0.3) is 5.91 Å². The number of rotatable bonds is 5. The summed E-state index contributed by atoms with van der Waals surface area (Å²) in [4.78, 5) is 21.3. The van der Waals surface area contributed by atoms with Crippen molar-refractivity contribution in [3.05, 3.63) is 71.5 Å². The van der Waals surface area contributed by atoms with Gasteiger partial charge in [0.15, 0.2) is 11.2 Å². The average molecular weight is 452 g/mol. The molecule has 0 saturated carbocycles. The first-order chi connectivity index (χ1) is 13.9. The van der Waals surface area contributed by atoms with Crippen molar-refractivity contribution in [2.45, 2.75) is 19.4 Å². The molecule has 7 heteroatoms. The molecule has 1 N–H and O–H groups in total. The zero-order valence-electron chi connectivity index (χ0n) is 15.8. The van der Waals surface area contributed by atoms with Crippen molar-refractivity contribution in [2.24, 2.45) is 0 Å². The van der Waals surface area contributed by atoms with Gasteiger partial charge < -0.3 is 14.5 Å². The molecule has 0 bridgehead atoms. The van der Waals surface area contributed by atoms with E-state index in [0.717, 1.165) is 10.0 Å². The molecular weight excluding hydrogens is 434 g/mol. The first kappa shape index (κ1) is 19.1. The number of nitrogens with zero attached hydrogens (tertiary/aromatic N) is 2. The van der Waals surface area contributed by atoms with E-state index in [4.69, 9.17) is 9.15 Å². The number of pyridine rings is 1. The zero-order chi connectivity index (χ0) is 20.4. The van der Waals surface area contributed by atoms with Gasteiger partial charge in [-0.3, -0.25) is 9.78 Å². The maximum absolute atomic E-state index is 12.8. The lowest BCUT2D eigenvalue weighted by molar-refractivity contribution is -0.128. The maximum atomic E-state index is 12.8. The SMILES string of the molecule is CC(C)(Oc1ccc(Br)cc1)C(=O)Nc1ccc2oc(-c3ccncc3)nc2c1. The molecule has 0 aliphatic carbocycles.